The molecule has 11 aromatic rings. The highest BCUT2D eigenvalue weighted by Gasteiger charge is 2.36. The van der Waals surface area contributed by atoms with Crippen molar-refractivity contribution < 1.29 is 4.57 Å². The fourth-order valence-electron chi connectivity index (χ4n) is 11.0. The Morgan fingerprint density at radius 3 is 1.21 bits per heavy atom. The van der Waals surface area contributed by atoms with Gasteiger partial charge in [0, 0.05) is 38.0 Å². The van der Waals surface area contributed by atoms with Gasteiger partial charge in [-0.3, -0.25) is 0 Å². The van der Waals surface area contributed by atoms with Gasteiger partial charge in [-0.1, -0.05) is 256 Å². The maximum Gasteiger partial charge on any atom is 0.171 e. The van der Waals surface area contributed by atoms with Gasteiger partial charge in [-0.15, -0.1) is 0 Å². The summed E-state index contributed by atoms with van der Waals surface area (Å²) in [4.78, 5) is 15.9. The molecule has 0 spiro atoms. The third-order valence-electron chi connectivity index (χ3n) is 14.5. The molecule has 0 amide bonds. The molecule has 1 aromatic heterocycles. The SMILES string of the molecule is O=P(c1ccccc1)(c1ccccc1)c1cccc(-c2ccc(C3(c4ccc(-c5nc(-c6ccccc6)nc(-c6c7ccccc7c(-c7ccccc7)c7ccccc67)n5)cc4)CCCCC3)cc2)c1. The summed E-state index contributed by atoms with van der Waals surface area (Å²) >= 11 is 0. The molecule has 1 heterocycles. The van der Waals surface area contributed by atoms with E-state index >= 15 is 4.57 Å². The Hall–Kier alpha value is -8.04. The van der Waals surface area contributed by atoms with E-state index in [1.165, 1.54) is 41.5 Å². The number of nitrogens with zero attached hydrogens (tertiary/aromatic N) is 3. The average molecular weight is 920 g/mol. The number of aromatic nitrogens is 3. The first kappa shape index (κ1) is 43.3. The third-order valence-corrected chi connectivity index (χ3v) is 17.6. The van der Waals surface area contributed by atoms with E-state index in [0.717, 1.165) is 78.1 Å². The normalized spacial score (nSPS) is 13.6. The van der Waals surface area contributed by atoms with E-state index < -0.39 is 7.14 Å². The molecule has 4 nitrogen and oxygen atoms in total. The zero-order valence-electron chi connectivity index (χ0n) is 38.8. The summed E-state index contributed by atoms with van der Waals surface area (Å²) in [5.41, 5.74) is 9.93. The second-order valence-corrected chi connectivity index (χ2v) is 21.3. The molecule has 0 unspecified atom stereocenters. The Labute approximate surface area is 409 Å². The van der Waals surface area contributed by atoms with Crippen LogP contribution in [-0.4, -0.2) is 15.0 Å². The van der Waals surface area contributed by atoms with Crippen molar-refractivity contribution in [3.05, 3.63) is 254 Å². The molecule has 1 aliphatic carbocycles. The molecule has 1 fully saturated rings. The van der Waals surface area contributed by atoms with Crippen LogP contribution in [0, 0.1) is 0 Å². The maximum absolute atomic E-state index is 15.3. The Kier molecular flexibility index (Phi) is 11.4. The van der Waals surface area contributed by atoms with Gasteiger partial charge in [-0.05, 0) is 73.8 Å². The molecule has 336 valence electrons. The van der Waals surface area contributed by atoms with Crippen LogP contribution in [0.4, 0.5) is 0 Å². The Morgan fingerprint density at radius 1 is 0.314 bits per heavy atom. The molecular weight excluding hydrogens is 870 g/mol. The summed E-state index contributed by atoms with van der Waals surface area (Å²) in [5.74, 6) is 1.93. The van der Waals surface area contributed by atoms with Crippen LogP contribution in [-0.2, 0) is 9.98 Å². The van der Waals surface area contributed by atoms with Crippen molar-refractivity contribution in [3.8, 4) is 56.4 Å². The standard InChI is InChI=1S/C65H50N3OP/c69-70(53-26-10-3-11-27-53,54-28-12-4-13-29-54)55-30-20-25-50(45-55)46-35-39-51(40-36-46)65(43-18-5-19-44-65)52-41-37-49(38-42-52)63-66-62(48-23-8-2-9-24-48)67-64(68-63)61-58-33-16-14-31-56(58)60(47-21-6-1-7-22-47)57-32-15-17-34-59(57)61/h1-4,6-17,20-42,45H,5,18-19,43-44H2. The first-order valence-electron chi connectivity index (χ1n) is 24.4. The number of rotatable bonds is 10. The van der Waals surface area contributed by atoms with E-state index in [2.05, 4.69) is 152 Å². The minimum atomic E-state index is -3.12. The molecule has 5 heteroatoms. The summed E-state index contributed by atoms with van der Waals surface area (Å²) in [7, 11) is -3.12. The Bertz CT molecular complexity index is 3590. The van der Waals surface area contributed by atoms with E-state index in [4.69, 9.17) is 15.0 Å². The van der Waals surface area contributed by atoms with Gasteiger partial charge >= 0.3 is 0 Å². The van der Waals surface area contributed by atoms with Crippen molar-refractivity contribution in [1.29, 1.82) is 0 Å². The van der Waals surface area contributed by atoms with Crippen LogP contribution in [0.15, 0.2) is 243 Å². The third kappa shape index (κ3) is 7.75. The summed E-state index contributed by atoms with van der Waals surface area (Å²) in [6.07, 6.45) is 5.72. The van der Waals surface area contributed by atoms with Crippen LogP contribution in [0.1, 0.15) is 43.2 Å². The van der Waals surface area contributed by atoms with Crippen molar-refractivity contribution in [1.82, 2.24) is 15.0 Å². The molecule has 0 atom stereocenters. The number of fused-ring (bicyclic) bond motifs is 2. The predicted octanol–water partition coefficient (Wildman–Crippen LogP) is 15.4. The zero-order chi connectivity index (χ0) is 46.9. The van der Waals surface area contributed by atoms with Gasteiger partial charge in [0.15, 0.2) is 24.6 Å². The van der Waals surface area contributed by atoms with Crippen molar-refractivity contribution in [2.45, 2.75) is 37.5 Å². The van der Waals surface area contributed by atoms with Crippen molar-refractivity contribution in [2.75, 3.05) is 0 Å². The smallest absolute Gasteiger partial charge is 0.171 e. The highest BCUT2D eigenvalue weighted by Crippen LogP contribution is 2.48. The number of hydrogen-bond acceptors (Lipinski definition) is 4. The molecule has 0 saturated heterocycles. The van der Waals surface area contributed by atoms with E-state index in [1.807, 2.05) is 91.0 Å². The lowest BCUT2D eigenvalue weighted by Crippen LogP contribution is -2.30. The van der Waals surface area contributed by atoms with Gasteiger partial charge in [0.2, 0.25) is 0 Å². The second-order valence-electron chi connectivity index (χ2n) is 18.5. The van der Waals surface area contributed by atoms with Crippen LogP contribution < -0.4 is 15.9 Å². The fourth-order valence-corrected chi connectivity index (χ4v) is 13.7. The van der Waals surface area contributed by atoms with Crippen molar-refractivity contribution >= 4 is 44.6 Å². The Morgan fingerprint density at radius 2 is 0.700 bits per heavy atom. The zero-order valence-corrected chi connectivity index (χ0v) is 39.7. The largest absolute Gasteiger partial charge is 0.309 e. The molecule has 0 radical (unpaired) electrons. The summed E-state index contributed by atoms with van der Waals surface area (Å²) in [5, 5.41) is 7.02. The van der Waals surface area contributed by atoms with Gasteiger partial charge in [0.1, 0.15) is 0 Å². The Balaban J connectivity index is 0.928. The lowest BCUT2D eigenvalue weighted by Gasteiger charge is -2.39. The minimum absolute atomic E-state index is 0.134. The monoisotopic (exact) mass is 919 g/mol. The highest BCUT2D eigenvalue weighted by atomic mass is 31.2. The van der Waals surface area contributed by atoms with E-state index in [0.29, 0.717) is 17.5 Å². The molecule has 1 aliphatic rings. The molecule has 0 aliphatic heterocycles. The first-order chi connectivity index (χ1) is 34.6. The van der Waals surface area contributed by atoms with Gasteiger partial charge < -0.3 is 4.57 Å². The average Bonchev–Trinajstić information content (AvgIpc) is 3.45. The molecule has 10 aromatic carbocycles. The van der Waals surface area contributed by atoms with Crippen LogP contribution in [0.2, 0.25) is 0 Å². The molecule has 0 N–H and O–H groups in total. The van der Waals surface area contributed by atoms with Gasteiger partial charge in [0.25, 0.3) is 0 Å². The van der Waals surface area contributed by atoms with Crippen LogP contribution in [0.3, 0.4) is 0 Å². The molecule has 70 heavy (non-hydrogen) atoms. The predicted molar refractivity (Wildman–Crippen MR) is 292 cm³/mol. The lowest BCUT2D eigenvalue weighted by atomic mass is 9.65. The minimum Gasteiger partial charge on any atom is -0.309 e. The van der Waals surface area contributed by atoms with E-state index in [9.17, 15) is 0 Å². The van der Waals surface area contributed by atoms with Crippen LogP contribution in [0.25, 0.3) is 78.0 Å². The number of benzene rings is 10. The van der Waals surface area contributed by atoms with Gasteiger partial charge in [0.05, 0.1) is 0 Å². The number of hydrogen-bond donors (Lipinski definition) is 0. The van der Waals surface area contributed by atoms with E-state index in [-0.39, 0.29) is 5.41 Å². The molecule has 1 saturated carbocycles. The van der Waals surface area contributed by atoms with E-state index in [1.54, 1.807) is 0 Å². The van der Waals surface area contributed by atoms with Gasteiger partial charge in [-0.2, -0.15) is 0 Å². The first-order valence-corrected chi connectivity index (χ1v) is 26.1. The van der Waals surface area contributed by atoms with Crippen LogP contribution in [0.5, 0.6) is 0 Å². The second kappa shape index (κ2) is 18.5. The lowest BCUT2D eigenvalue weighted by molar-refractivity contribution is 0.346. The van der Waals surface area contributed by atoms with Crippen molar-refractivity contribution in [2.24, 2.45) is 0 Å². The fraction of sp³-hybridized carbons (Fsp3) is 0.0923. The molecule has 0 bridgehead atoms. The maximum atomic E-state index is 15.3. The van der Waals surface area contributed by atoms with Crippen molar-refractivity contribution in [3.63, 3.8) is 0 Å². The highest BCUT2D eigenvalue weighted by molar-refractivity contribution is 7.85. The summed E-state index contributed by atoms with van der Waals surface area (Å²) in [6.45, 7) is 0. The topological polar surface area (TPSA) is 55.7 Å². The van der Waals surface area contributed by atoms with Crippen LogP contribution >= 0.6 is 7.14 Å². The summed E-state index contributed by atoms with van der Waals surface area (Å²) in [6, 6.07) is 84.6. The quantitative estimate of drug-likeness (QED) is 0.101. The summed E-state index contributed by atoms with van der Waals surface area (Å²) < 4.78 is 15.3. The van der Waals surface area contributed by atoms with Gasteiger partial charge in [-0.25, -0.2) is 15.0 Å². The molecular formula is C65H50N3OP. The molecule has 12 rings (SSSR count).